The van der Waals surface area contributed by atoms with Gasteiger partial charge in [0, 0.05) is 5.56 Å². The number of amides is 1. The smallest absolute Gasteiger partial charge is 0.289 e. The number of ether oxygens (including phenoxy) is 2. The molecular weight excluding hydrogens is 348 g/mol. The van der Waals surface area contributed by atoms with Crippen LogP contribution in [0.1, 0.15) is 16.1 Å². The number of carbonyl (C=O) groups excluding carboxylic acids is 1. The molecule has 1 heterocycles. The van der Waals surface area contributed by atoms with Gasteiger partial charge in [0.15, 0.2) is 11.5 Å². The van der Waals surface area contributed by atoms with Gasteiger partial charge in [-0.15, -0.1) is 0 Å². The fraction of sp³-hybridized carbons (Fsp3) is 0.105. The van der Waals surface area contributed by atoms with Crippen LogP contribution in [0.5, 0.6) is 17.2 Å². The molecule has 0 atom stereocenters. The topological polar surface area (TPSA) is 109 Å². The van der Waals surface area contributed by atoms with E-state index in [1.54, 1.807) is 25.3 Å². The number of phenols is 1. The lowest BCUT2D eigenvalue weighted by molar-refractivity contribution is 0.0950. The molecule has 0 spiro atoms. The molecule has 0 aliphatic heterocycles. The van der Waals surface area contributed by atoms with Gasteiger partial charge in [-0.3, -0.25) is 9.89 Å². The van der Waals surface area contributed by atoms with Crippen LogP contribution in [0.15, 0.2) is 53.6 Å². The largest absolute Gasteiger partial charge is 0.504 e. The number of rotatable bonds is 6. The first kappa shape index (κ1) is 18.0. The molecule has 1 amide bonds. The molecule has 0 saturated carbocycles. The summed E-state index contributed by atoms with van der Waals surface area (Å²) in [4.78, 5) is 12.2. The monoisotopic (exact) mass is 366 g/mol. The van der Waals surface area contributed by atoms with Crippen LogP contribution in [-0.4, -0.2) is 41.6 Å². The number of hydrogen-bond donors (Lipinski definition) is 3. The van der Waals surface area contributed by atoms with E-state index < -0.39 is 5.91 Å². The van der Waals surface area contributed by atoms with Crippen molar-refractivity contribution in [2.24, 2.45) is 5.10 Å². The van der Waals surface area contributed by atoms with Gasteiger partial charge in [0.2, 0.25) is 0 Å². The van der Waals surface area contributed by atoms with Gasteiger partial charge in [-0.1, -0.05) is 12.1 Å². The number of nitrogens with one attached hydrogen (secondary N) is 2. The second-order valence-corrected chi connectivity index (χ2v) is 5.50. The lowest BCUT2D eigenvalue weighted by Crippen LogP contribution is -2.18. The molecular formula is C19H18N4O4. The van der Waals surface area contributed by atoms with E-state index in [1.165, 1.54) is 19.4 Å². The predicted octanol–water partition coefficient (Wildman–Crippen LogP) is 2.56. The Bertz CT molecular complexity index is 981. The maximum atomic E-state index is 12.2. The lowest BCUT2D eigenvalue weighted by atomic mass is 10.1. The van der Waals surface area contributed by atoms with Gasteiger partial charge in [0.05, 0.1) is 26.1 Å². The number of nitrogens with zero attached hydrogens (tertiary/aromatic N) is 2. The number of benzene rings is 2. The molecule has 0 radical (unpaired) electrons. The highest BCUT2D eigenvalue weighted by Gasteiger charge is 2.13. The Morgan fingerprint density at radius 2 is 1.93 bits per heavy atom. The van der Waals surface area contributed by atoms with Crippen molar-refractivity contribution >= 4 is 12.1 Å². The van der Waals surface area contributed by atoms with E-state index in [-0.39, 0.29) is 11.4 Å². The minimum Gasteiger partial charge on any atom is -0.504 e. The minimum atomic E-state index is -0.439. The molecule has 0 fully saturated rings. The molecule has 0 aliphatic rings. The third-order valence-corrected chi connectivity index (χ3v) is 3.79. The van der Waals surface area contributed by atoms with Gasteiger partial charge in [-0.05, 0) is 42.0 Å². The van der Waals surface area contributed by atoms with E-state index >= 15 is 0 Å². The van der Waals surface area contributed by atoms with Crippen LogP contribution in [0.25, 0.3) is 11.3 Å². The zero-order valence-corrected chi connectivity index (χ0v) is 14.8. The minimum absolute atomic E-state index is 0.0278. The molecule has 8 nitrogen and oxygen atoms in total. The van der Waals surface area contributed by atoms with E-state index in [0.717, 1.165) is 5.56 Å². The normalized spacial score (nSPS) is 10.7. The molecule has 2 aromatic carbocycles. The van der Waals surface area contributed by atoms with Crippen molar-refractivity contribution in [2.75, 3.05) is 14.2 Å². The van der Waals surface area contributed by atoms with Crippen LogP contribution in [0.2, 0.25) is 0 Å². The Morgan fingerprint density at radius 3 is 2.70 bits per heavy atom. The Morgan fingerprint density at radius 1 is 1.15 bits per heavy atom. The first-order chi connectivity index (χ1) is 13.1. The summed E-state index contributed by atoms with van der Waals surface area (Å²) in [6.07, 6.45) is 1.44. The molecule has 0 aliphatic carbocycles. The van der Waals surface area contributed by atoms with Crippen LogP contribution in [0.4, 0.5) is 0 Å². The standard InChI is InChI=1S/C19H18N4O4/c1-26-17-6-4-3-5-13(17)14-10-15(22-21-14)19(25)23-20-11-12-7-8-16(24)18(9-12)27-2/h3-11,24H,1-2H3,(H,21,22)(H,23,25). The number of hydrazone groups is 1. The number of carbonyl (C=O) groups is 1. The van der Waals surface area contributed by atoms with Crippen molar-refractivity contribution in [1.82, 2.24) is 15.6 Å². The highest BCUT2D eigenvalue weighted by atomic mass is 16.5. The molecule has 3 rings (SSSR count). The number of phenolic OH excluding ortho intramolecular Hbond substituents is 1. The summed E-state index contributed by atoms with van der Waals surface area (Å²) in [5.41, 5.74) is 4.70. The summed E-state index contributed by atoms with van der Waals surface area (Å²) in [7, 11) is 3.03. The van der Waals surface area contributed by atoms with Crippen LogP contribution < -0.4 is 14.9 Å². The van der Waals surface area contributed by atoms with E-state index in [2.05, 4.69) is 20.7 Å². The van der Waals surface area contributed by atoms with Gasteiger partial charge in [-0.25, -0.2) is 5.43 Å². The summed E-state index contributed by atoms with van der Waals surface area (Å²) in [5.74, 6) is 0.571. The number of aromatic hydroxyl groups is 1. The summed E-state index contributed by atoms with van der Waals surface area (Å²) in [5, 5.41) is 20.3. The average molecular weight is 366 g/mol. The Labute approximate surface area is 155 Å². The number of aromatic nitrogens is 2. The zero-order valence-electron chi connectivity index (χ0n) is 14.8. The summed E-state index contributed by atoms with van der Waals surface area (Å²) in [6, 6.07) is 13.7. The zero-order chi connectivity index (χ0) is 19.2. The molecule has 8 heteroatoms. The van der Waals surface area contributed by atoms with E-state index in [9.17, 15) is 9.90 Å². The fourth-order valence-corrected chi connectivity index (χ4v) is 2.43. The number of para-hydroxylation sites is 1. The first-order valence-corrected chi connectivity index (χ1v) is 8.01. The van der Waals surface area contributed by atoms with Gasteiger partial charge < -0.3 is 14.6 Å². The van der Waals surface area contributed by atoms with E-state index in [1.807, 2.05) is 24.3 Å². The molecule has 0 saturated heterocycles. The number of H-pyrrole nitrogens is 1. The Kier molecular flexibility index (Phi) is 5.36. The molecule has 3 N–H and O–H groups in total. The maximum absolute atomic E-state index is 12.2. The van der Waals surface area contributed by atoms with Crippen molar-refractivity contribution in [2.45, 2.75) is 0 Å². The van der Waals surface area contributed by atoms with Gasteiger partial charge in [0.1, 0.15) is 11.4 Å². The van der Waals surface area contributed by atoms with E-state index in [0.29, 0.717) is 22.8 Å². The summed E-state index contributed by atoms with van der Waals surface area (Å²) < 4.78 is 10.3. The molecule has 0 bridgehead atoms. The Hall–Kier alpha value is -3.81. The third kappa shape index (κ3) is 4.06. The number of methoxy groups -OCH3 is 2. The summed E-state index contributed by atoms with van der Waals surface area (Å²) >= 11 is 0. The van der Waals surface area contributed by atoms with Crippen molar-refractivity contribution in [3.05, 3.63) is 59.8 Å². The number of aromatic amines is 1. The van der Waals surface area contributed by atoms with E-state index in [4.69, 9.17) is 9.47 Å². The highest BCUT2D eigenvalue weighted by molar-refractivity contribution is 5.94. The molecule has 138 valence electrons. The molecule has 0 unspecified atom stereocenters. The van der Waals surface area contributed by atoms with Crippen molar-refractivity contribution in [1.29, 1.82) is 0 Å². The molecule has 27 heavy (non-hydrogen) atoms. The van der Waals surface area contributed by atoms with Gasteiger partial charge in [-0.2, -0.15) is 10.2 Å². The van der Waals surface area contributed by atoms with Crippen molar-refractivity contribution < 1.29 is 19.4 Å². The number of hydrogen-bond acceptors (Lipinski definition) is 6. The second-order valence-electron chi connectivity index (χ2n) is 5.50. The van der Waals surface area contributed by atoms with Crippen molar-refractivity contribution in [3.8, 4) is 28.5 Å². The van der Waals surface area contributed by atoms with Crippen LogP contribution in [0.3, 0.4) is 0 Å². The predicted molar refractivity (Wildman–Crippen MR) is 100 cm³/mol. The lowest BCUT2D eigenvalue weighted by Gasteiger charge is -2.04. The van der Waals surface area contributed by atoms with Crippen LogP contribution in [0, 0.1) is 0 Å². The second kappa shape index (κ2) is 8.05. The third-order valence-electron chi connectivity index (χ3n) is 3.79. The van der Waals surface area contributed by atoms with Crippen molar-refractivity contribution in [3.63, 3.8) is 0 Å². The SMILES string of the molecule is COc1cc(C=NNC(=O)c2cc(-c3ccccc3OC)n[nH]2)ccc1O. The summed E-state index contributed by atoms with van der Waals surface area (Å²) in [6.45, 7) is 0. The Balaban J connectivity index is 1.70. The maximum Gasteiger partial charge on any atom is 0.289 e. The van der Waals surface area contributed by atoms with Gasteiger partial charge >= 0.3 is 0 Å². The first-order valence-electron chi connectivity index (χ1n) is 8.01. The fourth-order valence-electron chi connectivity index (χ4n) is 2.43. The highest BCUT2D eigenvalue weighted by Crippen LogP contribution is 2.28. The quantitative estimate of drug-likeness (QED) is 0.459. The van der Waals surface area contributed by atoms with Crippen LogP contribution >= 0.6 is 0 Å². The average Bonchev–Trinajstić information content (AvgIpc) is 3.19. The molecule has 1 aromatic heterocycles. The van der Waals surface area contributed by atoms with Crippen LogP contribution in [-0.2, 0) is 0 Å². The molecule has 3 aromatic rings. The van der Waals surface area contributed by atoms with Gasteiger partial charge in [0.25, 0.3) is 5.91 Å².